The van der Waals surface area contributed by atoms with Gasteiger partial charge in [-0.1, -0.05) is 41.4 Å². The highest BCUT2D eigenvalue weighted by atomic mass is 35.5. The van der Waals surface area contributed by atoms with Crippen LogP contribution in [0.25, 0.3) is 0 Å². The minimum absolute atomic E-state index is 0.0295. The summed E-state index contributed by atoms with van der Waals surface area (Å²) >= 11 is 6.28. The third-order valence-corrected chi connectivity index (χ3v) is 6.81. The van der Waals surface area contributed by atoms with E-state index in [-0.39, 0.29) is 17.5 Å². The van der Waals surface area contributed by atoms with Crippen LogP contribution in [0.15, 0.2) is 48.5 Å². The Kier molecular flexibility index (Phi) is 3.77. The molecule has 2 aromatic carbocycles. The molecule has 0 spiro atoms. The number of nitrogens with zero attached hydrogens (tertiary/aromatic N) is 2. The van der Waals surface area contributed by atoms with Gasteiger partial charge in [0.05, 0.1) is 34.3 Å². The quantitative estimate of drug-likeness (QED) is 0.756. The van der Waals surface area contributed by atoms with Crippen molar-refractivity contribution in [1.82, 2.24) is 0 Å². The van der Waals surface area contributed by atoms with Crippen LogP contribution < -0.4 is 9.80 Å². The van der Waals surface area contributed by atoms with Crippen LogP contribution in [0.4, 0.5) is 16.2 Å². The zero-order chi connectivity index (χ0) is 17.8. The van der Waals surface area contributed by atoms with Gasteiger partial charge in [-0.05, 0) is 31.2 Å². The molecular formula is C18H17ClN2O3S. The first-order chi connectivity index (χ1) is 11.9. The van der Waals surface area contributed by atoms with Gasteiger partial charge in [0.1, 0.15) is 0 Å². The van der Waals surface area contributed by atoms with Gasteiger partial charge in [-0.3, -0.25) is 9.80 Å². The molecule has 0 unspecified atom stereocenters. The number of fused-ring (bicyclic) bond motifs is 1. The third-order valence-electron chi connectivity index (χ3n) is 4.79. The predicted octanol–water partition coefficient (Wildman–Crippen LogP) is 3.26. The van der Waals surface area contributed by atoms with E-state index in [1.807, 2.05) is 31.2 Å². The van der Waals surface area contributed by atoms with Gasteiger partial charge in [0.2, 0.25) is 0 Å². The van der Waals surface area contributed by atoms with Gasteiger partial charge in [-0.15, -0.1) is 0 Å². The summed E-state index contributed by atoms with van der Waals surface area (Å²) in [6, 6.07) is 13.5. The maximum Gasteiger partial charge on any atom is 0.329 e. The summed E-state index contributed by atoms with van der Waals surface area (Å²) in [6.07, 6.45) is 0. The van der Waals surface area contributed by atoms with Crippen molar-refractivity contribution in [2.45, 2.75) is 19.0 Å². The normalized spacial score (nSPS) is 24.6. The number of halogens is 1. The summed E-state index contributed by atoms with van der Waals surface area (Å²) in [5, 5.41) is 0.435. The number of anilines is 2. The van der Waals surface area contributed by atoms with E-state index in [2.05, 4.69) is 0 Å². The molecule has 4 rings (SSSR count). The van der Waals surface area contributed by atoms with E-state index < -0.39 is 21.9 Å². The van der Waals surface area contributed by atoms with Gasteiger partial charge >= 0.3 is 6.03 Å². The molecule has 0 bridgehead atoms. The number of sulfone groups is 1. The first-order valence-corrected chi connectivity index (χ1v) is 10.2. The number of carbonyl (C=O) groups is 1. The number of para-hydroxylation sites is 1. The Balaban J connectivity index is 1.83. The molecule has 0 aromatic heterocycles. The lowest BCUT2D eigenvalue weighted by molar-refractivity contribution is 0.255. The molecule has 0 aliphatic carbocycles. The molecule has 0 N–H and O–H groups in total. The largest absolute Gasteiger partial charge is 0.329 e. The summed E-state index contributed by atoms with van der Waals surface area (Å²) < 4.78 is 24.5. The molecule has 0 radical (unpaired) electrons. The molecule has 5 nitrogen and oxygen atoms in total. The highest BCUT2D eigenvalue weighted by molar-refractivity contribution is 7.91. The second-order valence-electron chi connectivity index (χ2n) is 6.52. The first kappa shape index (κ1) is 16.4. The number of hydrogen-bond acceptors (Lipinski definition) is 3. The highest BCUT2D eigenvalue weighted by Crippen LogP contribution is 2.40. The van der Waals surface area contributed by atoms with Crippen molar-refractivity contribution in [2.24, 2.45) is 0 Å². The van der Waals surface area contributed by atoms with Crippen LogP contribution in [0.1, 0.15) is 5.56 Å². The van der Waals surface area contributed by atoms with Crippen molar-refractivity contribution in [1.29, 1.82) is 0 Å². The Morgan fingerprint density at radius 1 is 0.960 bits per heavy atom. The van der Waals surface area contributed by atoms with Gasteiger partial charge in [0.25, 0.3) is 0 Å². The Morgan fingerprint density at radius 2 is 1.56 bits per heavy atom. The summed E-state index contributed by atoms with van der Waals surface area (Å²) in [7, 11) is -3.21. The topological polar surface area (TPSA) is 57.7 Å². The fourth-order valence-electron chi connectivity index (χ4n) is 3.64. The van der Waals surface area contributed by atoms with Crippen molar-refractivity contribution >= 4 is 38.8 Å². The third kappa shape index (κ3) is 2.69. The van der Waals surface area contributed by atoms with Gasteiger partial charge in [-0.2, -0.15) is 0 Å². The number of carbonyl (C=O) groups excluding carboxylic acids is 1. The Hall–Kier alpha value is -2.05. The summed E-state index contributed by atoms with van der Waals surface area (Å²) in [5.41, 5.74) is 2.34. The van der Waals surface area contributed by atoms with Crippen LogP contribution in [0.3, 0.4) is 0 Å². The number of amides is 2. The lowest BCUT2D eigenvalue weighted by Crippen LogP contribution is -2.38. The number of urea groups is 1. The van der Waals surface area contributed by atoms with Crippen molar-refractivity contribution in [2.75, 3.05) is 21.3 Å². The van der Waals surface area contributed by atoms with E-state index in [1.165, 1.54) is 4.90 Å². The molecule has 2 heterocycles. The molecule has 2 aliphatic rings. The first-order valence-electron chi connectivity index (χ1n) is 8.01. The zero-order valence-corrected chi connectivity index (χ0v) is 15.2. The molecule has 130 valence electrons. The van der Waals surface area contributed by atoms with E-state index >= 15 is 0 Å². The molecular weight excluding hydrogens is 360 g/mol. The zero-order valence-electron chi connectivity index (χ0n) is 13.6. The van der Waals surface area contributed by atoms with Crippen LogP contribution in [-0.2, 0) is 9.84 Å². The molecule has 2 aromatic rings. The van der Waals surface area contributed by atoms with Gasteiger partial charge in [-0.25, -0.2) is 13.2 Å². The van der Waals surface area contributed by atoms with Gasteiger partial charge < -0.3 is 0 Å². The molecule has 0 saturated carbocycles. The van der Waals surface area contributed by atoms with Crippen LogP contribution in [0.2, 0.25) is 5.02 Å². The number of aryl methyl sites for hydroxylation is 1. The minimum atomic E-state index is -3.21. The summed E-state index contributed by atoms with van der Waals surface area (Å²) in [5.74, 6) is -0.0742. The summed E-state index contributed by atoms with van der Waals surface area (Å²) in [6.45, 7) is 1.97. The monoisotopic (exact) mass is 376 g/mol. The van der Waals surface area contributed by atoms with Crippen LogP contribution in [0, 0.1) is 6.92 Å². The number of benzene rings is 2. The van der Waals surface area contributed by atoms with Gasteiger partial charge in [0.15, 0.2) is 9.84 Å². The smallest absolute Gasteiger partial charge is 0.288 e. The molecule has 2 fully saturated rings. The number of rotatable bonds is 2. The fraction of sp³-hybridized carbons (Fsp3) is 0.278. The second-order valence-corrected chi connectivity index (χ2v) is 9.08. The molecule has 7 heteroatoms. The Bertz CT molecular complexity index is 943. The molecule has 2 saturated heterocycles. The van der Waals surface area contributed by atoms with Crippen molar-refractivity contribution in [3.63, 3.8) is 0 Å². The van der Waals surface area contributed by atoms with E-state index in [0.717, 1.165) is 5.56 Å². The average molecular weight is 377 g/mol. The maximum atomic E-state index is 13.2. The Labute approximate surface area is 151 Å². The van der Waals surface area contributed by atoms with Crippen LogP contribution >= 0.6 is 11.6 Å². The molecule has 25 heavy (non-hydrogen) atoms. The fourth-order valence-corrected chi connectivity index (χ4v) is 5.79. The highest BCUT2D eigenvalue weighted by Gasteiger charge is 2.54. The van der Waals surface area contributed by atoms with E-state index in [4.69, 9.17) is 11.6 Å². The van der Waals surface area contributed by atoms with E-state index in [9.17, 15) is 13.2 Å². The molecule has 2 aliphatic heterocycles. The second kappa shape index (κ2) is 5.75. The van der Waals surface area contributed by atoms with Crippen molar-refractivity contribution in [3.8, 4) is 0 Å². The lowest BCUT2D eigenvalue weighted by Gasteiger charge is -2.23. The standard InChI is InChI=1S/C18H17ClN2O3S/c1-12-6-8-13(9-7-12)20-16-10-25(23,24)11-17(16)21(18(20)22)15-5-3-2-4-14(15)19/h2-9,16-17H,10-11H2,1H3/t16-,17+/m0/s1. The van der Waals surface area contributed by atoms with E-state index in [0.29, 0.717) is 16.4 Å². The maximum absolute atomic E-state index is 13.2. The SMILES string of the molecule is Cc1ccc(N2C(=O)N(c3ccccc3Cl)[C@@H]3CS(=O)(=O)C[C@@H]32)cc1. The van der Waals surface area contributed by atoms with Crippen molar-refractivity contribution in [3.05, 3.63) is 59.1 Å². The Morgan fingerprint density at radius 3 is 2.20 bits per heavy atom. The van der Waals surface area contributed by atoms with Gasteiger partial charge in [0, 0.05) is 5.69 Å². The molecule has 2 atom stereocenters. The van der Waals surface area contributed by atoms with Crippen LogP contribution in [-0.4, -0.2) is 38.0 Å². The van der Waals surface area contributed by atoms with E-state index in [1.54, 1.807) is 29.2 Å². The molecule has 2 amide bonds. The van der Waals surface area contributed by atoms with Crippen LogP contribution in [0.5, 0.6) is 0 Å². The average Bonchev–Trinajstić information content (AvgIpc) is 2.99. The van der Waals surface area contributed by atoms with Crippen molar-refractivity contribution < 1.29 is 13.2 Å². The number of hydrogen-bond donors (Lipinski definition) is 0. The lowest BCUT2D eigenvalue weighted by atomic mass is 10.1. The summed E-state index contributed by atoms with van der Waals surface area (Å²) in [4.78, 5) is 16.3. The predicted molar refractivity (Wildman–Crippen MR) is 99.2 cm³/mol. The minimum Gasteiger partial charge on any atom is -0.288 e.